The van der Waals surface area contributed by atoms with Gasteiger partial charge in [0.05, 0.1) is 6.42 Å². The summed E-state index contributed by atoms with van der Waals surface area (Å²) in [6.45, 7) is -0.484. The summed E-state index contributed by atoms with van der Waals surface area (Å²) in [5.41, 5.74) is 4.77. The quantitative estimate of drug-likeness (QED) is 0.633. The zero-order valence-electron chi connectivity index (χ0n) is 10.0. The molecule has 4 N–H and O–H groups in total. The molecule has 0 radical (unpaired) electrons. The first kappa shape index (κ1) is 17.0. The molecule has 0 unspecified atom stereocenters. The van der Waals surface area contributed by atoms with Gasteiger partial charge in [0.25, 0.3) is 0 Å². The first-order valence-electron chi connectivity index (χ1n) is 5.20. The van der Waals surface area contributed by atoms with Gasteiger partial charge in [0.2, 0.25) is 5.91 Å². The SMILES string of the molecule is CCN(CC(F)(F)F)C(=O)N[C@H](CC(N)=O)C(=O)O. The molecular weight excluding hydrogens is 271 g/mol. The number of nitrogens with two attached hydrogens (primary N) is 1. The Hall–Kier alpha value is -2.00. The standard InChI is InChI=1S/C9H14F3N3O4/c1-2-15(4-9(10,11)12)8(19)14-5(7(17)18)3-6(13)16/h5H,2-4H2,1H3,(H2,13,16)(H,14,19)(H,17,18)/t5-/m1/s1. The average Bonchev–Trinajstić information content (AvgIpc) is 2.22. The van der Waals surface area contributed by atoms with Crippen LogP contribution in [0.1, 0.15) is 13.3 Å². The second-order valence-electron chi connectivity index (χ2n) is 3.64. The molecule has 110 valence electrons. The fourth-order valence-corrected chi connectivity index (χ4v) is 1.19. The second kappa shape index (κ2) is 6.81. The van der Waals surface area contributed by atoms with Crippen LogP contribution in [0.25, 0.3) is 0 Å². The lowest BCUT2D eigenvalue weighted by atomic mass is 10.2. The van der Waals surface area contributed by atoms with Crippen molar-refractivity contribution in [2.45, 2.75) is 25.6 Å². The van der Waals surface area contributed by atoms with Crippen molar-refractivity contribution in [3.8, 4) is 0 Å². The number of carbonyl (C=O) groups is 3. The summed E-state index contributed by atoms with van der Waals surface area (Å²) in [6.07, 6.45) is -5.31. The summed E-state index contributed by atoms with van der Waals surface area (Å²) in [5.74, 6) is -2.55. The molecule has 7 nitrogen and oxygen atoms in total. The molecular formula is C9H14F3N3O4. The van der Waals surface area contributed by atoms with E-state index >= 15 is 0 Å². The van der Waals surface area contributed by atoms with Crippen LogP contribution >= 0.6 is 0 Å². The van der Waals surface area contributed by atoms with Crippen molar-refractivity contribution < 1.29 is 32.7 Å². The monoisotopic (exact) mass is 285 g/mol. The van der Waals surface area contributed by atoms with E-state index in [1.807, 2.05) is 5.32 Å². The number of carboxylic acid groups (broad SMARTS) is 1. The highest BCUT2D eigenvalue weighted by Gasteiger charge is 2.33. The van der Waals surface area contributed by atoms with Gasteiger partial charge in [0.1, 0.15) is 12.6 Å². The van der Waals surface area contributed by atoms with Crippen LogP contribution in [0.3, 0.4) is 0 Å². The van der Waals surface area contributed by atoms with Gasteiger partial charge in [-0.15, -0.1) is 0 Å². The van der Waals surface area contributed by atoms with Crippen LogP contribution in [0.2, 0.25) is 0 Å². The summed E-state index contributed by atoms with van der Waals surface area (Å²) in [4.78, 5) is 33.1. The molecule has 0 aliphatic carbocycles. The fourth-order valence-electron chi connectivity index (χ4n) is 1.19. The largest absolute Gasteiger partial charge is 0.480 e. The normalized spacial score (nSPS) is 12.6. The minimum Gasteiger partial charge on any atom is -0.480 e. The Balaban J connectivity index is 4.68. The van der Waals surface area contributed by atoms with Crippen LogP contribution in [0.15, 0.2) is 0 Å². The van der Waals surface area contributed by atoms with E-state index in [4.69, 9.17) is 10.8 Å². The molecule has 10 heteroatoms. The Bertz CT molecular complexity index is 359. The molecule has 0 aromatic heterocycles. The number of nitrogens with zero attached hydrogens (tertiary/aromatic N) is 1. The molecule has 0 saturated heterocycles. The summed E-state index contributed by atoms with van der Waals surface area (Å²) < 4.78 is 36.4. The smallest absolute Gasteiger partial charge is 0.406 e. The number of hydrogen-bond acceptors (Lipinski definition) is 3. The third-order valence-electron chi connectivity index (χ3n) is 2.04. The van der Waals surface area contributed by atoms with Gasteiger partial charge in [0.15, 0.2) is 0 Å². The summed E-state index contributed by atoms with van der Waals surface area (Å²) >= 11 is 0. The van der Waals surface area contributed by atoms with Crippen LogP contribution in [0.4, 0.5) is 18.0 Å². The molecule has 0 aliphatic rings. The fraction of sp³-hybridized carbons (Fsp3) is 0.667. The van der Waals surface area contributed by atoms with Crippen molar-refractivity contribution in [1.29, 1.82) is 0 Å². The first-order chi connectivity index (χ1) is 8.56. The van der Waals surface area contributed by atoms with Crippen LogP contribution < -0.4 is 11.1 Å². The van der Waals surface area contributed by atoms with Gasteiger partial charge >= 0.3 is 18.2 Å². The molecule has 0 spiro atoms. The molecule has 3 amide bonds. The Morgan fingerprint density at radius 2 is 1.89 bits per heavy atom. The summed E-state index contributed by atoms with van der Waals surface area (Å²) in [5, 5.41) is 10.5. The number of hydrogen-bond donors (Lipinski definition) is 3. The maximum Gasteiger partial charge on any atom is 0.406 e. The first-order valence-corrected chi connectivity index (χ1v) is 5.20. The molecule has 0 aromatic carbocycles. The number of primary amides is 1. The number of rotatable bonds is 6. The van der Waals surface area contributed by atoms with E-state index in [9.17, 15) is 27.6 Å². The zero-order valence-corrected chi connectivity index (χ0v) is 10.0. The van der Waals surface area contributed by atoms with E-state index in [0.717, 1.165) is 0 Å². The van der Waals surface area contributed by atoms with E-state index in [0.29, 0.717) is 4.90 Å². The number of carbonyl (C=O) groups excluding carboxylic acids is 2. The van der Waals surface area contributed by atoms with Crippen molar-refractivity contribution >= 4 is 17.9 Å². The summed E-state index contributed by atoms with van der Waals surface area (Å²) in [7, 11) is 0. The average molecular weight is 285 g/mol. The van der Waals surface area contributed by atoms with Crippen LogP contribution in [0.5, 0.6) is 0 Å². The van der Waals surface area contributed by atoms with Crippen molar-refractivity contribution in [3.05, 3.63) is 0 Å². The van der Waals surface area contributed by atoms with Gasteiger partial charge < -0.3 is 21.1 Å². The predicted molar refractivity (Wildman–Crippen MR) is 57.1 cm³/mol. The highest BCUT2D eigenvalue weighted by Crippen LogP contribution is 2.16. The summed E-state index contributed by atoms with van der Waals surface area (Å²) in [6, 6.07) is -2.89. The number of amides is 3. The minimum absolute atomic E-state index is 0.270. The lowest BCUT2D eigenvalue weighted by Gasteiger charge is -2.24. The number of aliphatic carboxylic acids is 1. The van der Waals surface area contributed by atoms with Crippen LogP contribution in [-0.4, -0.2) is 53.2 Å². The van der Waals surface area contributed by atoms with Gasteiger partial charge in [0, 0.05) is 6.54 Å². The molecule has 0 bridgehead atoms. The Kier molecular flexibility index (Phi) is 6.09. The van der Waals surface area contributed by atoms with E-state index in [1.165, 1.54) is 6.92 Å². The Morgan fingerprint density at radius 1 is 1.37 bits per heavy atom. The zero-order chi connectivity index (χ0) is 15.2. The highest BCUT2D eigenvalue weighted by molar-refractivity contribution is 5.87. The predicted octanol–water partition coefficient (Wildman–Crippen LogP) is -0.0912. The van der Waals surface area contributed by atoms with E-state index in [1.54, 1.807) is 0 Å². The van der Waals surface area contributed by atoms with Gasteiger partial charge in [-0.25, -0.2) is 9.59 Å². The molecule has 0 fully saturated rings. The van der Waals surface area contributed by atoms with E-state index in [-0.39, 0.29) is 6.54 Å². The van der Waals surface area contributed by atoms with Crippen LogP contribution in [0, 0.1) is 0 Å². The van der Waals surface area contributed by atoms with E-state index < -0.39 is 43.1 Å². The maximum atomic E-state index is 12.1. The topological polar surface area (TPSA) is 113 Å². The van der Waals surface area contributed by atoms with Crippen LogP contribution in [-0.2, 0) is 9.59 Å². The van der Waals surface area contributed by atoms with Crippen molar-refractivity contribution in [3.63, 3.8) is 0 Å². The van der Waals surface area contributed by atoms with E-state index in [2.05, 4.69) is 0 Å². The van der Waals surface area contributed by atoms with Crippen molar-refractivity contribution in [1.82, 2.24) is 10.2 Å². The molecule has 19 heavy (non-hydrogen) atoms. The molecule has 0 aliphatic heterocycles. The lowest BCUT2D eigenvalue weighted by Crippen LogP contribution is -2.51. The third-order valence-corrected chi connectivity index (χ3v) is 2.04. The number of alkyl halides is 3. The van der Waals surface area contributed by atoms with Gasteiger partial charge in [-0.05, 0) is 6.92 Å². The van der Waals surface area contributed by atoms with Crippen molar-refractivity contribution in [2.75, 3.05) is 13.1 Å². The molecule has 0 heterocycles. The Morgan fingerprint density at radius 3 is 2.21 bits per heavy atom. The molecule has 1 atom stereocenters. The number of nitrogens with one attached hydrogen (secondary N) is 1. The number of halogens is 3. The lowest BCUT2D eigenvalue weighted by molar-refractivity contribution is -0.142. The molecule has 0 saturated carbocycles. The van der Waals surface area contributed by atoms with Crippen molar-refractivity contribution in [2.24, 2.45) is 5.73 Å². The Labute approximate surface area is 106 Å². The third kappa shape index (κ3) is 7.11. The number of urea groups is 1. The van der Waals surface area contributed by atoms with Gasteiger partial charge in [-0.1, -0.05) is 0 Å². The highest BCUT2D eigenvalue weighted by atomic mass is 19.4. The van der Waals surface area contributed by atoms with Gasteiger partial charge in [-0.3, -0.25) is 4.79 Å². The molecule has 0 rings (SSSR count). The minimum atomic E-state index is -4.60. The van der Waals surface area contributed by atoms with Gasteiger partial charge in [-0.2, -0.15) is 13.2 Å². The second-order valence-corrected chi connectivity index (χ2v) is 3.64. The number of carboxylic acids is 1. The molecule has 0 aromatic rings. The maximum absolute atomic E-state index is 12.1.